The molecule has 1 aromatic heterocycles. The Labute approximate surface area is 133 Å². The van der Waals surface area contributed by atoms with Gasteiger partial charge in [0.05, 0.1) is 12.9 Å². The van der Waals surface area contributed by atoms with Crippen molar-refractivity contribution in [1.29, 1.82) is 0 Å². The molecule has 5 nitrogen and oxygen atoms in total. The van der Waals surface area contributed by atoms with Crippen molar-refractivity contribution in [3.8, 4) is 0 Å². The third-order valence-electron chi connectivity index (χ3n) is 3.59. The Morgan fingerprint density at radius 1 is 1.59 bits per heavy atom. The number of hydrogen-bond donors (Lipinski definition) is 1. The summed E-state index contributed by atoms with van der Waals surface area (Å²) < 4.78 is 11.0. The van der Waals surface area contributed by atoms with Crippen LogP contribution >= 0.6 is 0 Å². The number of rotatable bonds is 10. The average Bonchev–Trinajstić information content (AvgIpc) is 3.21. The predicted molar refractivity (Wildman–Crippen MR) is 89.1 cm³/mol. The van der Waals surface area contributed by atoms with Gasteiger partial charge in [-0.15, -0.1) is 6.58 Å². The molecule has 0 amide bonds. The lowest BCUT2D eigenvalue weighted by Crippen LogP contribution is -2.41. The van der Waals surface area contributed by atoms with Crippen molar-refractivity contribution in [3.05, 3.63) is 36.8 Å². The lowest BCUT2D eigenvalue weighted by Gasteiger charge is -2.22. The zero-order valence-electron chi connectivity index (χ0n) is 13.5. The van der Waals surface area contributed by atoms with E-state index in [1.165, 1.54) is 12.8 Å². The summed E-state index contributed by atoms with van der Waals surface area (Å²) in [5, 5.41) is 3.28. The molecule has 0 bridgehead atoms. The van der Waals surface area contributed by atoms with Gasteiger partial charge in [-0.2, -0.15) is 0 Å². The lowest BCUT2D eigenvalue weighted by molar-refractivity contribution is 0.115. The highest BCUT2D eigenvalue weighted by atomic mass is 16.5. The first-order valence-corrected chi connectivity index (χ1v) is 8.00. The summed E-state index contributed by atoms with van der Waals surface area (Å²) in [6.45, 7) is 7.60. The van der Waals surface area contributed by atoms with E-state index in [0.717, 1.165) is 43.8 Å². The highest BCUT2D eigenvalue weighted by molar-refractivity contribution is 5.79. The summed E-state index contributed by atoms with van der Waals surface area (Å²) in [5.74, 6) is 2.65. The van der Waals surface area contributed by atoms with Gasteiger partial charge >= 0.3 is 0 Å². The fraction of sp³-hybridized carbons (Fsp3) is 0.588. The summed E-state index contributed by atoms with van der Waals surface area (Å²) in [5.41, 5.74) is 0. The number of ether oxygens (including phenoxy) is 1. The highest BCUT2D eigenvalue weighted by Crippen LogP contribution is 2.28. The fourth-order valence-corrected chi connectivity index (χ4v) is 2.04. The fourth-order valence-electron chi connectivity index (χ4n) is 2.04. The summed E-state index contributed by atoms with van der Waals surface area (Å²) in [6, 6.07) is 3.88. The number of nitrogens with one attached hydrogen (secondary N) is 1. The molecule has 1 N–H and O–H groups in total. The molecule has 0 spiro atoms. The third kappa shape index (κ3) is 6.35. The molecule has 2 rings (SSSR count). The first-order chi connectivity index (χ1) is 10.8. The van der Waals surface area contributed by atoms with Crippen LogP contribution in [0.1, 0.15) is 18.6 Å². The minimum atomic E-state index is 0.695. The van der Waals surface area contributed by atoms with Crippen molar-refractivity contribution in [2.45, 2.75) is 19.3 Å². The van der Waals surface area contributed by atoms with Gasteiger partial charge < -0.3 is 19.4 Å². The van der Waals surface area contributed by atoms with Crippen LogP contribution in [-0.2, 0) is 11.2 Å². The minimum Gasteiger partial charge on any atom is -0.469 e. The van der Waals surface area contributed by atoms with Gasteiger partial charge in [0.1, 0.15) is 5.76 Å². The first-order valence-electron chi connectivity index (χ1n) is 8.00. The molecule has 0 aromatic carbocycles. The molecule has 0 atom stereocenters. The summed E-state index contributed by atoms with van der Waals surface area (Å²) in [4.78, 5) is 6.73. The summed E-state index contributed by atoms with van der Waals surface area (Å²) in [7, 11) is 2.03. The molecule has 1 aromatic rings. The second-order valence-corrected chi connectivity index (χ2v) is 5.64. The molecule has 1 aliphatic rings. The van der Waals surface area contributed by atoms with Gasteiger partial charge in [-0.05, 0) is 30.9 Å². The van der Waals surface area contributed by atoms with Crippen LogP contribution in [0.5, 0.6) is 0 Å². The maximum absolute atomic E-state index is 5.69. The van der Waals surface area contributed by atoms with E-state index in [1.807, 2.05) is 25.3 Å². The Balaban J connectivity index is 1.73. The normalized spacial score (nSPS) is 14.9. The van der Waals surface area contributed by atoms with Crippen LogP contribution in [-0.4, -0.2) is 50.8 Å². The smallest absolute Gasteiger partial charge is 0.194 e. The lowest BCUT2D eigenvalue weighted by atomic mass is 10.3. The van der Waals surface area contributed by atoms with Crippen molar-refractivity contribution in [1.82, 2.24) is 10.2 Å². The van der Waals surface area contributed by atoms with Crippen molar-refractivity contribution in [2.24, 2.45) is 10.9 Å². The number of guanidine groups is 1. The molecule has 0 unspecified atom stereocenters. The standard InChI is InChI=1S/C17H27N3O2/c1-3-9-18-17(19-10-8-16-5-4-12-22-16)20(2)11-13-21-14-15-6-7-15/h3-5,12,15H,1,6-11,13-14H2,2H3,(H,18,19). The Hall–Kier alpha value is -1.75. The molecule has 22 heavy (non-hydrogen) atoms. The van der Waals surface area contributed by atoms with Crippen LogP contribution in [0.2, 0.25) is 0 Å². The molecule has 1 aliphatic carbocycles. The molecule has 1 fully saturated rings. The maximum Gasteiger partial charge on any atom is 0.194 e. The summed E-state index contributed by atoms with van der Waals surface area (Å²) >= 11 is 0. The van der Waals surface area contributed by atoms with Gasteiger partial charge in [-0.1, -0.05) is 6.08 Å². The predicted octanol–water partition coefficient (Wildman–Crippen LogP) is 2.31. The molecule has 0 radical (unpaired) electrons. The zero-order chi connectivity index (χ0) is 15.6. The van der Waals surface area contributed by atoms with E-state index in [9.17, 15) is 0 Å². The van der Waals surface area contributed by atoms with E-state index >= 15 is 0 Å². The van der Waals surface area contributed by atoms with Crippen LogP contribution in [0.4, 0.5) is 0 Å². The average molecular weight is 305 g/mol. The Morgan fingerprint density at radius 3 is 3.14 bits per heavy atom. The van der Waals surface area contributed by atoms with E-state index in [-0.39, 0.29) is 0 Å². The van der Waals surface area contributed by atoms with Crippen LogP contribution < -0.4 is 5.32 Å². The molecule has 1 heterocycles. The van der Waals surface area contributed by atoms with Gasteiger partial charge in [0.15, 0.2) is 5.96 Å². The number of likely N-dealkylation sites (N-methyl/N-ethyl adjacent to an activating group) is 1. The zero-order valence-corrected chi connectivity index (χ0v) is 13.5. The monoisotopic (exact) mass is 305 g/mol. The van der Waals surface area contributed by atoms with Gasteiger partial charge in [0.2, 0.25) is 0 Å². The molecule has 0 aliphatic heterocycles. The second-order valence-electron chi connectivity index (χ2n) is 5.64. The number of nitrogens with zero attached hydrogens (tertiary/aromatic N) is 2. The van der Waals surface area contributed by atoms with Gasteiger partial charge in [0.25, 0.3) is 0 Å². The number of furan rings is 1. The Bertz CT molecular complexity index is 452. The molecule has 0 saturated heterocycles. The van der Waals surface area contributed by atoms with Gasteiger partial charge in [-0.25, -0.2) is 0 Å². The van der Waals surface area contributed by atoms with Crippen molar-refractivity contribution < 1.29 is 9.15 Å². The van der Waals surface area contributed by atoms with Crippen LogP contribution in [0.25, 0.3) is 0 Å². The Morgan fingerprint density at radius 2 is 2.45 bits per heavy atom. The van der Waals surface area contributed by atoms with E-state index in [1.54, 1.807) is 6.26 Å². The number of aliphatic imine (C=N–C) groups is 1. The molecule has 5 heteroatoms. The van der Waals surface area contributed by atoms with Gasteiger partial charge in [0, 0.05) is 39.7 Å². The van der Waals surface area contributed by atoms with E-state index < -0.39 is 0 Å². The number of hydrogen-bond acceptors (Lipinski definition) is 3. The topological polar surface area (TPSA) is 50.0 Å². The second kappa shape index (κ2) is 9.30. The van der Waals surface area contributed by atoms with E-state index in [0.29, 0.717) is 13.1 Å². The van der Waals surface area contributed by atoms with Crippen LogP contribution in [0, 0.1) is 5.92 Å². The molecule has 122 valence electrons. The largest absolute Gasteiger partial charge is 0.469 e. The van der Waals surface area contributed by atoms with E-state index in [4.69, 9.17) is 9.15 Å². The quantitative estimate of drug-likeness (QED) is 0.312. The Kier molecular flexibility index (Phi) is 7.03. The van der Waals surface area contributed by atoms with E-state index in [2.05, 4.69) is 21.8 Å². The molecule has 1 saturated carbocycles. The van der Waals surface area contributed by atoms with Crippen molar-refractivity contribution >= 4 is 5.96 Å². The molecular formula is C17H27N3O2. The third-order valence-corrected chi connectivity index (χ3v) is 3.59. The van der Waals surface area contributed by atoms with Crippen molar-refractivity contribution in [3.63, 3.8) is 0 Å². The highest BCUT2D eigenvalue weighted by Gasteiger charge is 2.21. The SMILES string of the molecule is C=CCNC(=NCCc1ccco1)N(C)CCOCC1CC1. The molecular weight excluding hydrogens is 278 g/mol. The van der Waals surface area contributed by atoms with Crippen LogP contribution in [0.15, 0.2) is 40.5 Å². The summed E-state index contributed by atoms with van der Waals surface area (Å²) in [6.07, 6.45) is 6.99. The van der Waals surface area contributed by atoms with Crippen LogP contribution in [0.3, 0.4) is 0 Å². The maximum atomic E-state index is 5.69. The van der Waals surface area contributed by atoms with Crippen molar-refractivity contribution in [2.75, 3.05) is 39.9 Å². The first kappa shape index (κ1) is 16.6. The minimum absolute atomic E-state index is 0.695. The van der Waals surface area contributed by atoms with Gasteiger partial charge in [-0.3, -0.25) is 4.99 Å².